The molecule has 1 heterocycles. The highest BCUT2D eigenvalue weighted by molar-refractivity contribution is 5.76. The van der Waals surface area contributed by atoms with Gasteiger partial charge in [-0.05, 0) is 31.0 Å². The Morgan fingerprint density at radius 3 is 2.75 bits per heavy atom. The largest absolute Gasteiger partial charge is 0.486 e. The van der Waals surface area contributed by atoms with Gasteiger partial charge in [0.25, 0.3) is 0 Å². The van der Waals surface area contributed by atoms with Crippen molar-refractivity contribution in [2.45, 2.75) is 19.8 Å². The van der Waals surface area contributed by atoms with Crippen LogP contribution in [0.2, 0.25) is 0 Å². The van der Waals surface area contributed by atoms with E-state index in [0.717, 1.165) is 11.1 Å². The topological polar surface area (TPSA) is 55.8 Å². The van der Waals surface area contributed by atoms with Crippen molar-refractivity contribution in [3.63, 3.8) is 0 Å². The first-order valence-corrected chi connectivity index (χ1v) is 5.23. The van der Waals surface area contributed by atoms with E-state index >= 15 is 0 Å². The molecular weight excluding hydrogens is 208 g/mol. The lowest BCUT2D eigenvalue weighted by Crippen LogP contribution is -2.17. The highest BCUT2D eigenvalue weighted by Gasteiger charge is 2.22. The van der Waals surface area contributed by atoms with Gasteiger partial charge in [-0.1, -0.05) is 6.07 Å². The minimum Gasteiger partial charge on any atom is -0.486 e. The third kappa shape index (κ3) is 1.71. The number of carbonyl (C=O) groups is 1. The maximum atomic E-state index is 10.9. The van der Waals surface area contributed by atoms with Gasteiger partial charge in [-0.15, -0.1) is 0 Å². The smallest absolute Gasteiger partial charge is 0.310 e. The number of benzene rings is 1. The highest BCUT2D eigenvalue weighted by Crippen LogP contribution is 2.37. The van der Waals surface area contributed by atoms with Crippen molar-refractivity contribution in [1.82, 2.24) is 0 Å². The van der Waals surface area contributed by atoms with E-state index in [1.807, 2.05) is 6.92 Å². The summed E-state index contributed by atoms with van der Waals surface area (Å²) in [6.45, 7) is 4.59. The zero-order valence-corrected chi connectivity index (χ0v) is 9.32. The summed E-state index contributed by atoms with van der Waals surface area (Å²) in [6.07, 6.45) is 0. The van der Waals surface area contributed by atoms with Gasteiger partial charge in [-0.25, -0.2) is 0 Å². The number of aliphatic carboxylic acids is 1. The molecule has 2 rings (SSSR count). The van der Waals surface area contributed by atoms with Gasteiger partial charge >= 0.3 is 5.97 Å². The minimum absolute atomic E-state index is 0.513. The zero-order chi connectivity index (χ0) is 11.7. The summed E-state index contributed by atoms with van der Waals surface area (Å²) in [5.41, 5.74) is 1.63. The van der Waals surface area contributed by atoms with Gasteiger partial charge in [0.2, 0.25) is 0 Å². The minimum atomic E-state index is -0.834. The average Bonchev–Trinajstić information content (AvgIpc) is 2.29. The van der Waals surface area contributed by atoms with Crippen LogP contribution < -0.4 is 9.47 Å². The summed E-state index contributed by atoms with van der Waals surface area (Å²) in [4.78, 5) is 10.9. The van der Waals surface area contributed by atoms with E-state index in [1.54, 1.807) is 19.1 Å². The molecule has 1 aliphatic rings. The van der Waals surface area contributed by atoms with Crippen molar-refractivity contribution < 1.29 is 19.4 Å². The molecule has 0 amide bonds. The predicted molar refractivity (Wildman–Crippen MR) is 58.2 cm³/mol. The molecule has 0 fully saturated rings. The third-order valence-electron chi connectivity index (χ3n) is 2.84. The van der Waals surface area contributed by atoms with Gasteiger partial charge in [0.15, 0.2) is 11.5 Å². The number of carboxylic acids is 1. The second kappa shape index (κ2) is 4.04. The van der Waals surface area contributed by atoms with Gasteiger partial charge in [0.05, 0.1) is 5.92 Å². The Hall–Kier alpha value is -1.71. The molecule has 1 unspecified atom stereocenters. The molecule has 1 aromatic rings. The number of rotatable bonds is 2. The lowest BCUT2D eigenvalue weighted by molar-refractivity contribution is -0.138. The standard InChI is InChI=1S/C12H14O4/c1-7-9(8(2)12(13)14)3-4-10-11(7)16-6-5-15-10/h3-4,8H,5-6H2,1-2H3,(H,13,14). The van der Waals surface area contributed by atoms with E-state index < -0.39 is 11.9 Å². The molecule has 0 saturated carbocycles. The van der Waals surface area contributed by atoms with E-state index in [0.29, 0.717) is 24.7 Å². The first kappa shape index (κ1) is 10.8. The molecule has 4 heteroatoms. The average molecular weight is 222 g/mol. The molecule has 1 N–H and O–H groups in total. The van der Waals surface area contributed by atoms with Gasteiger partial charge in [0, 0.05) is 0 Å². The Morgan fingerprint density at radius 1 is 1.38 bits per heavy atom. The molecular formula is C12H14O4. The van der Waals surface area contributed by atoms with E-state index in [1.165, 1.54) is 0 Å². The molecule has 0 bridgehead atoms. The Labute approximate surface area is 93.8 Å². The molecule has 0 saturated heterocycles. The van der Waals surface area contributed by atoms with Crippen LogP contribution in [0.3, 0.4) is 0 Å². The molecule has 4 nitrogen and oxygen atoms in total. The molecule has 16 heavy (non-hydrogen) atoms. The summed E-state index contributed by atoms with van der Waals surface area (Å²) in [6, 6.07) is 3.57. The fourth-order valence-electron chi connectivity index (χ4n) is 1.87. The molecule has 0 aromatic heterocycles. The Morgan fingerprint density at radius 2 is 2.06 bits per heavy atom. The molecule has 1 aliphatic heterocycles. The molecule has 0 aliphatic carbocycles. The first-order valence-electron chi connectivity index (χ1n) is 5.23. The van der Waals surface area contributed by atoms with Gasteiger partial charge in [-0.3, -0.25) is 4.79 Å². The van der Waals surface area contributed by atoms with Crippen molar-refractivity contribution in [1.29, 1.82) is 0 Å². The van der Waals surface area contributed by atoms with Crippen molar-refractivity contribution in [2.24, 2.45) is 0 Å². The van der Waals surface area contributed by atoms with E-state index in [4.69, 9.17) is 14.6 Å². The normalized spacial score (nSPS) is 15.6. The first-order chi connectivity index (χ1) is 7.61. The van der Waals surface area contributed by atoms with Crippen LogP contribution in [0.5, 0.6) is 11.5 Å². The zero-order valence-electron chi connectivity index (χ0n) is 9.32. The molecule has 0 radical (unpaired) electrons. The maximum Gasteiger partial charge on any atom is 0.310 e. The van der Waals surface area contributed by atoms with Crippen molar-refractivity contribution in [2.75, 3.05) is 13.2 Å². The van der Waals surface area contributed by atoms with Gasteiger partial charge in [0.1, 0.15) is 13.2 Å². The fourth-order valence-corrected chi connectivity index (χ4v) is 1.87. The number of ether oxygens (including phenoxy) is 2. The highest BCUT2D eigenvalue weighted by atomic mass is 16.6. The molecule has 0 spiro atoms. The Balaban J connectivity index is 2.45. The Kier molecular flexibility index (Phi) is 2.73. The number of hydrogen-bond donors (Lipinski definition) is 1. The van der Waals surface area contributed by atoms with Crippen molar-refractivity contribution >= 4 is 5.97 Å². The quantitative estimate of drug-likeness (QED) is 0.831. The summed E-state index contributed by atoms with van der Waals surface area (Å²) in [5, 5.41) is 8.99. The second-order valence-corrected chi connectivity index (χ2v) is 3.86. The van der Waals surface area contributed by atoms with Crippen LogP contribution in [0, 0.1) is 6.92 Å². The monoisotopic (exact) mass is 222 g/mol. The second-order valence-electron chi connectivity index (χ2n) is 3.86. The van der Waals surface area contributed by atoms with Crippen LogP contribution >= 0.6 is 0 Å². The summed E-state index contributed by atoms with van der Waals surface area (Å²) in [7, 11) is 0. The summed E-state index contributed by atoms with van der Waals surface area (Å²) in [5.74, 6) is 0.0116. The lowest BCUT2D eigenvalue weighted by atomic mass is 9.95. The predicted octanol–water partition coefficient (Wildman–Crippen LogP) is 1.95. The van der Waals surface area contributed by atoms with Crippen LogP contribution in [0.1, 0.15) is 24.0 Å². The fraction of sp³-hybridized carbons (Fsp3) is 0.417. The lowest BCUT2D eigenvalue weighted by Gasteiger charge is -2.22. The number of hydrogen-bond acceptors (Lipinski definition) is 3. The SMILES string of the molecule is Cc1c(C(C)C(=O)O)ccc2c1OCCO2. The van der Waals surface area contributed by atoms with E-state index in [-0.39, 0.29) is 0 Å². The third-order valence-corrected chi connectivity index (χ3v) is 2.84. The van der Waals surface area contributed by atoms with Gasteiger partial charge < -0.3 is 14.6 Å². The van der Waals surface area contributed by atoms with Gasteiger partial charge in [-0.2, -0.15) is 0 Å². The molecule has 86 valence electrons. The molecule has 1 aromatic carbocycles. The van der Waals surface area contributed by atoms with Crippen molar-refractivity contribution in [3.05, 3.63) is 23.3 Å². The summed E-state index contributed by atoms with van der Waals surface area (Å²) < 4.78 is 10.9. The van der Waals surface area contributed by atoms with E-state index in [2.05, 4.69) is 0 Å². The van der Waals surface area contributed by atoms with Crippen LogP contribution in [0.25, 0.3) is 0 Å². The van der Waals surface area contributed by atoms with Crippen LogP contribution in [-0.2, 0) is 4.79 Å². The van der Waals surface area contributed by atoms with Crippen LogP contribution in [0.15, 0.2) is 12.1 Å². The molecule has 1 atom stereocenters. The van der Waals surface area contributed by atoms with E-state index in [9.17, 15) is 4.79 Å². The maximum absolute atomic E-state index is 10.9. The number of fused-ring (bicyclic) bond motifs is 1. The van der Waals surface area contributed by atoms with Crippen LogP contribution in [0.4, 0.5) is 0 Å². The summed E-state index contributed by atoms with van der Waals surface area (Å²) >= 11 is 0. The Bertz CT molecular complexity index is 425. The number of carboxylic acid groups (broad SMARTS) is 1. The van der Waals surface area contributed by atoms with Crippen LogP contribution in [-0.4, -0.2) is 24.3 Å². The van der Waals surface area contributed by atoms with Crippen molar-refractivity contribution in [3.8, 4) is 11.5 Å².